The minimum Gasteiger partial charge on any atom is -0.384 e. The van der Waals surface area contributed by atoms with Gasteiger partial charge >= 0.3 is 0 Å². The molecule has 57 heavy (non-hydrogen) atoms. The number of hydrogen-bond donors (Lipinski definition) is 3. The molecule has 308 valence electrons. The Bertz CT molecular complexity index is 2040. The lowest BCUT2D eigenvalue weighted by molar-refractivity contribution is -0.166. The van der Waals surface area contributed by atoms with Gasteiger partial charge in [-0.15, -0.1) is 5.10 Å². The highest BCUT2D eigenvalue weighted by Crippen LogP contribution is 2.41. The maximum absolute atomic E-state index is 14.8. The van der Waals surface area contributed by atoms with Crippen LogP contribution in [0.4, 0.5) is 0 Å². The van der Waals surface area contributed by atoms with E-state index in [0.717, 1.165) is 32.1 Å². The second kappa shape index (κ2) is 16.0. The first-order valence-electron chi connectivity index (χ1n) is 19.5. The number of sulfonamides is 1. The van der Waals surface area contributed by atoms with Gasteiger partial charge in [-0.3, -0.25) is 24.0 Å². The molecule has 0 unspecified atom stereocenters. The largest absolute Gasteiger partial charge is 0.384 e. The van der Waals surface area contributed by atoms with Crippen LogP contribution < -0.4 is 11.1 Å². The second-order valence-electron chi connectivity index (χ2n) is 16.7. The highest BCUT2D eigenvalue weighted by Gasteiger charge is 2.53. The molecule has 5 aliphatic rings. The topological polar surface area (TPSA) is 237 Å². The summed E-state index contributed by atoms with van der Waals surface area (Å²) in [6.45, 7) is 4.89. The molecule has 1 saturated carbocycles. The van der Waals surface area contributed by atoms with Crippen molar-refractivity contribution in [3.63, 3.8) is 0 Å². The SMILES string of the molecule is CC(C)(O)c1cnnn1[C@H]1C[C@@H](C(=O)NC2(C(=O)C(N)=O)CCSCC2)N(C(=O)/C(CC2CCCCC2)=N/C(=O)c2ccc(S(=O)(=O)N3CC4(COC4)C3)cc2)C1. The Labute approximate surface area is 335 Å². The third-order valence-corrected chi connectivity index (χ3v) is 14.8. The molecule has 1 spiro atoms. The van der Waals surface area contributed by atoms with Crippen molar-refractivity contribution in [1.29, 1.82) is 0 Å². The minimum absolute atomic E-state index is 0.0192. The number of thioether (sulfide) groups is 1. The molecule has 2 aromatic rings. The molecule has 1 aromatic carbocycles. The summed E-state index contributed by atoms with van der Waals surface area (Å²) in [5.41, 5.74) is 2.83. The molecule has 5 fully saturated rings. The van der Waals surface area contributed by atoms with Gasteiger partial charge in [0.25, 0.3) is 17.7 Å². The van der Waals surface area contributed by atoms with Crippen LogP contribution in [0.1, 0.15) is 93.7 Å². The first-order chi connectivity index (χ1) is 27.0. The molecule has 0 radical (unpaired) electrons. The molecule has 0 bridgehead atoms. The van der Waals surface area contributed by atoms with Gasteiger partial charge in [0.15, 0.2) is 0 Å². The van der Waals surface area contributed by atoms with Gasteiger partial charge in [0.2, 0.25) is 21.7 Å². The summed E-state index contributed by atoms with van der Waals surface area (Å²) in [6, 6.07) is 3.66. The van der Waals surface area contributed by atoms with E-state index in [2.05, 4.69) is 20.6 Å². The van der Waals surface area contributed by atoms with Crippen molar-refractivity contribution in [2.45, 2.75) is 99.8 Å². The summed E-state index contributed by atoms with van der Waals surface area (Å²) in [4.78, 5) is 74.2. The van der Waals surface area contributed by atoms with Crippen molar-refractivity contribution in [3.8, 4) is 0 Å². The predicted octanol–water partition coefficient (Wildman–Crippen LogP) is 1.36. The minimum atomic E-state index is -3.78. The zero-order valence-electron chi connectivity index (χ0n) is 32.2. The summed E-state index contributed by atoms with van der Waals surface area (Å²) in [5.74, 6) is -3.07. The Morgan fingerprint density at radius 2 is 1.72 bits per heavy atom. The third kappa shape index (κ3) is 8.31. The summed E-state index contributed by atoms with van der Waals surface area (Å²) >= 11 is 1.58. The number of nitrogens with zero attached hydrogens (tertiary/aromatic N) is 6. The normalized spacial score (nSPS) is 24.1. The summed E-state index contributed by atoms with van der Waals surface area (Å²) in [7, 11) is -3.78. The number of aliphatic imine (C=N–C) groups is 1. The van der Waals surface area contributed by atoms with Crippen molar-refractivity contribution < 1.29 is 42.2 Å². The van der Waals surface area contributed by atoms with Crippen LogP contribution in [0.2, 0.25) is 0 Å². The fourth-order valence-corrected chi connectivity index (χ4v) is 11.5. The van der Waals surface area contributed by atoms with Crippen LogP contribution >= 0.6 is 11.8 Å². The van der Waals surface area contributed by atoms with Gasteiger partial charge < -0.3 is 25.8 Å². The number of benzene rings is 1. The van der Waals surface area contributed by atoms with Crippen molar-refractivity contribution in [3.05, 3.63) is 41.7 Å². The average molecular weight is 827 g/mol. The number of aliphatic hydroxyl groups is 1. The van der Waals surface area contributed by atoms with Gasteiger partial charge in [-0.05, 0) is 74.8 Å². The van der Waals surface area contributed by atoms with Gasteiger partial charge in [-0.25, -0.2) is 18.1 Å². The number of amides is 4. The number of carbonyl (C=O) groups is 5. The lowest BCUT2D eigenvalue weighted by atomic mass is 9.80. The fraction of sp³-hybridized carbons (Fsp3) is 0.632. The van der Waals surface area contributed by atoms with Crippen LogP contribution in [0.3, 0.4) is 0 Å². The monoisotopic (exact) mass is 826 g/mol. The molecule has 2 atom stereocenters. The van der Waals surface area contributed by atoms with E-state index >= 15 is 0 Å². The van der Waals surface area contributed by atoms with Crippen LogP contribution in [0.5, 0.6) is 0 Å². The van der Waals surface area contributed by atoms with E-state index in [1.807, 2.05) is 0 Å². The van der Waals surface area contributed by atoms with Gasteiger partial charge in [-0.2, -0.15) is 16.1 Å². The molecule has 1 aliphatic carbocycles. The summed E-state index contributed by atoms with van der Waals surface area (Å²) in [6.07, 6.45) is 6.58. The van der Waals surface area contributed by atoms with Crippen molar-refractivity contribution in [1.82, 2.24) is 29.5 Å². The zero-order chi connectivity index (χ0) is 40.8. The molecule has 4 amide bonds. The van der Waals surface area contributed by atoms with E-state index < -0.39 is 62.7 Å². The number of carbonyl (C=O) groups excluding carboxylic acids is 5. The Kier molecular flexibility index (Phi) is 11.5. The molecule has 19 heteroatoms. The number of rotatable bonds is 12. The third-order valence-electron chi connectivity index (χ3n) is 12.0. The molecular formula is C38H50N8O9S2. The molecule has 5 heterocycles. The van der Waals surface area contributed by atoms with E-state index in [4.69, 9.17) is 10.5 Å². The van der Waals surface area contributed by atoms with E-state index in [0.29, 0.717) is 43.5 Å². The zero-order valence-corrected chi connectivity index (χ0v) is 33.9. The van der Waals surface area contributed by atoms with Crippen molar-refractivity contribution >= 4 is 56.9 Å². The predicted molar refractivity (Wildman–Crippen MR) is 207 cm³/mol. The number of nitrogens with one attached hydrogen (secondary N) is 1. The number of Topliss-reactive ketones (excluding diaryl/α,β-unsaturated/α-hetero) is 1. The van der Waals surface area contributed by atoms with Crippen LogP contribution in [-0.4, -0.2) is 129 Å². The molecule has 7 rings (SSSR count). The fourth-order valence-electron chi connectivity index (χ4n) is 8.66. The van der Waals surface area contributed by atoms with E-state index in [1.165, 1.54) is 44.3 Å². The Morgan fingerprint density at radius 1 is 1.05 bits per heavy atom. The lowest BCUT2D eigenvalue weighted by Crippen LogP contribution is -2.66. The standard InChI is InChI=1S/C38H50N8O9S2/c1-36(2,52)30-18-40-43-46(30)26-17-29(34(50)42-38(31(47)32(39)48)12-14-56-15-13-38)45(19-26)35(51)28(16-24-6-4-3-5-7-24)41-33(49)25-8-10-27(11-9-25)57(53,54)44-20-37(21-44)22-55-23-37/h8-11,18,24,26,29,52H,3-7,12-17,19-23H2,1-2H3,(H2,39,48)(H,42,50)/b41-28+/t26-,29-/m0/s1. The Morgan fingerprint density at radius 3 is 2.32 bits per heavy atom. The average Bonchev–Trinajstić information content (AvgIpc) is 3.82. The van der Waals surface area contributed by atoms with Crippen LogP contribution in [0.25, 0.3) is 0 Å². The number of hydrogen-bond acceptors (Lipinski definition) is 12. The molecule has 1 aromatic heterocycles. The van der Waals surface area contributed by atoms with Crippen LogP contribution in [0, 0.1) is 11.3 Å². The van der Waals surface area contributed by atoms with Crippen LogP contribution in [0.15, 0.2) is 40.4 Å². The van der Waals surface area contributed by atoms with E-state index in [9.17, 15) is 37.5 Å². The smallest absolute Gasteiger partial charge is 0.287 e. The number of ketones is 1. The van der Waals surface area contributed by atoms with Gasteiger partial charge in [0.05, 0.1) is 36.0 Å². The van der Waals surface area contributed by atoms with E-state index in [-0.39, 0.29) is 59.7 Å². The van der Waals surface area contributed by atoms with E-state index in [1.54, 1.807) is 25.6 Å². The molecule has 4 saturated heterocycles. The van der Waals surface area contributed by atoms with Crippen molar-refractivity contribution in [2.24, 2.45) is 22.1 Å². The number of ether oxygens (including phenoxy) is 1. The quantitative estimate of drug-likeness (QED) is 0.203. The maximum atomic E-state index is 14.8. The molecule has 17 nitrogen and oxygen atoms in total. The van der Waals surface area contributed by atoms with Crippen molar-refractivity contribution in [2.75, 3.05) is 44.4 Å². The molecule has 4 aliphatic heterocycles. The van der Waals surface area contributed by atoms with Gasteiger partial charge in [-0.1, -0.05) is 37.3 Å². The first-order valence-corrected chi connectivity index (χ1v) is 22.1. The second-order valence-corrected chi connectivity index (χ2v) is 19.9. The Balaban J connectivity index is 1.19. The first kappa shape index (κ1) is 41.1. The molecular weight excluding hydrogens is 777 g/mol. The molecule has 4 N–H and O–H groups in total. The highest BCUT2D eigenvalue weighted by atomic mass is 32.2. The Hall–Kier alpha value is -4.04. The number of aromatic nitrogens is 3. The lowest BCUT2D eigenvalue weighted by Gasteiger charge is -2.53. The highest BCUT2D eigenvalue weighted by molar-refractivity contribution is 7.99. The van der Waals surface area contributed by atoms with Gasteiger partial charge in [0.1, 0.15) is 22.9 Å². The summed E-state index contributed by atoms with van der Waals surface area (Å²) in [5, 5.41) is 21.9. The number of primary amides is 1. The number of likely N-dealkylation sites (tertiary alicyclic amines) is 1. The number of nitrogens with two attached hydrogens (primary N) is 1. The van der Waals surface area contributed by atoms with Crippen LogP contribution in [-0.2, 0) is 39.5 Å². The maximum Gasteiger partial charge on any atom is 0.287 e. The summed E-state index contributed by atoms with van der Waals surface area (Å²) < 4.78 is 34.7. The van der Waals surface area contributed by atoms with Gasteiger partial charge in [0, 0.05) is 37.0 Å².